The third-order valence-corrected chi connectivity index (χ3v) is 4.13. The predicted molar refractivity (Wildman–Crippen MR) is 79.8 cm³/mol. The van der Waals surface area contributed by atoms with Crippen LogP contribution in [0.4, 0.5) is 0 Å². The minimum atomic E-state index is 0.193. The number of piperidine rings is 1. The van der Waals surface area contributed by atoms with Gasteiger partial charge in [-0.05, 0) is 42.6 Å². The quantitative estimate of drug-likeness (QED) is 0.923. The Kier molecular flexibility index (Phi) is 4.71. The van der Waals surface area contributed by atoms with Crippen molar-refractivity contribution in [2.75, 3.05) is 26.2 Å². The molecule has 1 fully saturated rings. The van der Waals surface area contributed by atoms with Gasteiger partial charge in [-0.2, -0.15) is 0 Å². The van der Waals surface area contributed by atoms with Crippen LogP contribution in [0.1, 0.15) is 20.3 Å². The number of likely N-dealkylation sites (tertiary alicyclic amines) is 1. The van der Waals surface area contributed by atoms with Gasteiger partial charge in [0.1, 0.15) is 12.4 Å². The summed E-state index contributed by atoms with van der Waals surface area (Å²) in [5.41, 5.74) is 6.33. The molecule has 1 aromatic rings. The fourth-order valence-corrected chi connectivity index (χ4v) is 2.63. The highest BCUT2D eigenvalue weighted by Gasteiger charge is 2.32. The topological polar surface area (TPSA) is 38.5 Å². The second-order valence-corrected chi connectivity index (χ2v) is 6.40. The zero-order valence-corrected chi connectivity index (χ0v) is 12.5. The lowest BCUT2D eigenvalue weighted by molar-refractivity contribution is 0.0831. The first-order chi connectivity index (χ1) is 8.97. The van der Waals surface area contributed by atoms with Crippen LogP contribution in [-0.4, -0.2) is 37.2 Å². The zero-order chi connectivity index (χ0) is 13.9. The molecule has 1 atom stereocenters. The molecule has 106 valence electrons. The van der Waals surface area contributed by atoms with Crippen LogP contribution in [0.2, 0.25) is 5.02 Å². The molecular weight excluding hydrogens is 260 g/mol. The SMILES string of the molecule is CC1(C)CN(CCOc2ccc(Cl)cc2)CCC1N. The molecule has 0 aliphatic carbocycles. The second-order valence-electron chi connectivity index (χ2n) is 5.96. The van der Waals surface area contributed by atoms with Crippen molar-refractivity contribution in [2.45, 2.75) is 26.3 Å². The van der Waals surface area contributed by atoms with Crippen LogP contribution < -0.4 is 10.5 Å². The third-order valence-electron chi connectivity index (χ3n) is 3.88. The van der Waals surface area contributed by atoms with E-state index >= 15 is 0 Å². The largest absolute Gasteiger partial charge is 0.492 e. The van der Waals surface area contributed by atoms with Crippen molar-refractivity contribution in [3.63, 3.8) is 0 Å². The van der Waals surface area contributed by atoms with Gasteiger partial charge in [-0.15, -0.1) is 0 Å². The molecule has 0 saturated carbocycles. The van der Waals surface area contributed by atoms with Gasteiger partial charge >= 0.3 is 0 Å². The average molecular weight is 283 g/mol. The molecule has 1 aliphatic rings. The van der Waals surface area contributed by atoms with Gasteiger partial charge in [0.05, 0.1) is 0 Å². The summed E-state index contributed by atoms with van der Waals surface area (Å²) >= 11 is 5.84. The monoisotopic (exact) mass is 282 g/mol. The fraction of sp³-hybridized carbons (Fsp3) is 0.600. The van der Waals surface area contributed by atoms with Crippen molar-refractivity contribution in [3.8, 4) is 5.75 Å². The summed E-state index contributed by atoms with van der Waals surface area (Å²) < 4.78 is 5.73. The lowest BCUT2D eigenvalue weighted by Gasteiger charge is -2.42. The van der Waals surface area contributed by atoms with Crippen LogP contribution >= 0.6 is 11.6 Å². The lowest BCUT2D eigenvalue weighted by Crippen LogP contribution is -2.53. The zero-order valence-electron chi connectivity index (χ0n) is 11.7. The van der Waals surface area contributed by atoms with E-state index in [4.69, 9.17) is 22.1 Å². The summed E-state index contributed by atoms with van der Waals surface area (Å²) in [6.07, 6.45) is 1.06. The fourth-order valence-electron chi connectivity index (χ4n) is 2.50. The molecule has 0 aromatic heterocycles. The van der Waals surface area contributed by atoms with Crippen LogP contribution in [0.3, 0.4) is 0 Å². The van der Waals surface area contributed by atoms with Gasteiger partial charge in [-0.25, -0.2) is 0 Å². The Morgan fingerprint density at radius 1 is 1.37 bits per heavy atom. The number of hydrogen-bond donors (Lipinski definition) is 1. The highest BCUT2D eigenvalue weighted by Crippen LogP contribution is 2.27. The number of halogens is 1. The van der Waals surface area contributed by atoms with Crippen LogP contribution in [0.5, 0.6) is 5.75 Å². The Labute approximate surface area is 120 Å². The Morgan fingerprint density at radius 2 is 2.05 bits per heavy atom. The third kappa shape index (κ3) is 4.10. The van der Waals surface area contributed by atoms with Gasteiger partial charge in [0.15, 0.2) is 0 Å². The van der Waals surface area contributed by atoms with Gasteiger partial charge in [0.2, 0.25) is 0 Å². The van der Waals surface area contributed by atoms with Crippen molar-refractivity contribution in [1.29, 1.82) is 0 Å². The first-order valence-electron chi connectivity index (χ1n) is 6.84. The van der Waals surface area contributed by atoms with Gasteiger partial charge in [0, 0.05) is 24.2 Å². The number of nitrogens with zero attached hydrogens (tertiary/aromatic N) is 1. The molecule has 1 heterocycles. The maximum atomic E-state index is 6.14. The van der Waals surface area contributed by atoms with E-state index < -0.39 is 0 Å². The van der Waals surface area contributed by atoms with Crippen molar-refractivity contribution in [1.82, 2.24) is 4.90 Å². The standard InChI is InChI=1S/C15H23ClN2O/c1-15(2)11-18(8-7-14(15)17)9-10-19-13-5-3-12(16)4-6-13/h3-6,14H,7-11,17H2,1-2H3. The first-order valence-corrected chi connectivity index (χ1v) is 7.21. The van der Waals surface area contributed by atoms with E-state index in [1.54, 1.807) is 0 Å². The molecule has 4 heteroatoms. The summed E-state index contributed by atoms with van der Waals surface area (Å²) in [6.45, 7) is 8.23. The van der Waals surface area contributed by atoms with E-state index in [0.717, 1.165) is 36.8 Å². The van der Waals surface area contributed by atoms with E-state index in [9.17, 15) is 0 Å². The minimum Gasteiger partial charge on any atom is -0.492 e. The Morgan fingerprint density at radius 3 is 2.68 bits per heavy atom. The Balaban J connectivity index is 1.76. The van der Waals surface area contributed by atoms with Crippen LogP contribution in [0.15, 0.2) is 24.3 Å². The molecule has 1 unspecified atom stereocenters. The highest BCUT2D eigenvalue weighted by molar-refractivity contribution is 6.30. The van der Waals surface area contributed by atoms with Crippen molar-refractivity contribution in [3.05, 3.63) is 29.3 Å². The molecule has 0 amide bonds. The maximum Gasteiger partial charge on any atom is 0.119 e. The molecule has 0 radical (unpaired) electrons. The average Bonchev–Trinajstić information content (AvgIpc) is 2.36. The van der Waals surface area contributed by atoms with E-state index in [2.05, 4.69) is 18.7 Å². The smallest absolute Gasteiger partial charge is 0.119 e. The first kappa shape index (κ1) is 14.6. The van der Waals surface area contributed by atoms with Crippen LogP contribution in [0.25, 0.3) is 0 Å². The Hall–Kier alpha value is -0.770. The van der Waals surface area contributed by atoms with Crippen molar-refractivity contribution < 1.29 is 4.74 Å². The maximum absolute atomic E-state index is 6.14. The highest BCUT2D eigenvalue weighted by atomic mass is 35.5. The number of rotatable bonds is 4. The van der Waals surface area contributed by atoms with Crippen LogP contribution in [-0.2, 0) is 0 Å². The summed E-state index contributed by atoms with van der Waals surface area (Å²) in [7, 11) is 0. The molecule has 1 saturated heterocycles. The molecule has 1 aliphatic heterocycles. The summed E-state index contributed by atoms with van der Waals surface area (Å²) in [6, 6.07) is 7.80. The van der Waals surface area contributed by atoms with Crippen LogP contribution in [0, 0.1) is 5.41 Å². The molecule has 0 spiro atoms. The van der Waals surface area contributed by atoms with E-state index in [1.807, 2.05) is 24.3 Å². The van der Waals surface area contributed by atoms with Crippen molar-refractivity contribution in [2.24, 2.45) is 11.1 Å². The molecule has 2 rings (SSSR count). The number of nitrogens with two attached hydrogens (primary N) is 1. The van der Waals surface area contributed by atoms with Gasteiger partial charge < -0.3 is 10.5 Å². The minimum absolute atomic E-state index is 0.193. The van der Waals surface area contributed by atoms with E-state index in [1.165, 1.54) is 0 Å². The molecular formula is C15H23ClN2O. The van der Waals surface area contributed by atoms with E-state index in [0.29, 0.717) is 12.6 Å². The summed E-state index contributed by atoms with van der Waals surface area (Å²) in [5, 5.41) is 0.735. The van der Waals surface area contributed by atoms with Gasteiger partial charge in [-0.1, -0.05) is 25.4 Å². The number of benzene rings is 1. The molecule has 0 bridgehead atoms. The van der Waals surface area contributed by atoms with E-state index in [-0.39, 0.29) is 5.41 Å². The van der Waals surface area contributed by atoms with Gasteiger partial charge in [-0.3, -0.25) is 4.90 Å². The molecule has 3 nitrogen and oxygen atoms in total. The lowest BCUT2D eigenvalue weighted by atomic mass is 9.80. The predicted octanol–water partition coefficient (Wildman–Crippen LogP) is 2.78. The second kappa shape index (κ2) is 6.12. The summed E-state index contributed by atoms with van der Waals surface area (Å²) in [4.78, 5) is 2.43. The molecule has 1 aromatic carbocycles. The van der Waals surface area contributed by atoms with Gasteiger partial charge in [0.25, 0.3) is 0 Å². The number of hydrogen-bond acceptors (Lipinski definition) is 3. The Bertz CT molecular complexity index is 405. The van der Waals surface area contributed by atoms with Crippen molar-refractivity contribution >= 4 is 11.6 Å². The normalized spacial score (nSPS) is 23.3. The molecule has 19 heavy (non-hydrogen) atoms. The molecule has 2 N–H and O–H groups in total. The number of ether oxygens (including phenoxy) is 1. The summed E-state index contributed by atoms with van der Waals surface area (Å²) in [5.74, 6) is 0.873.